The minimum atomic E-state index is -1.14. The molecule has 0 saturated heterocycles. The van der Waals surface area contributed by atoms with Crippen molar-refractivity contribution in [3.05, 3.63) is 0 Å². The summed E-state index contributed by atoms with van der Waals surface area (Å²) in [5, 5.41) is 17.3. The van der Waals surface area contributed by atoms with Crippen LogP contribution in [0.25, 0.3) is 0 Å². The fourth-order valence-electron chi connectivity index (χ4n) is 1.70. The van der Waals surface area contributed by atoms with Crippen molar-refractivity contribution in [3.8, 4) is 0 Å². The molecule has 4 nitrogen and oxygen atoms in total. The van der Waals surface area contributed by atoms with Gasteiger partial charge in [0.15, 0.2) is 6.10 Å². The van der Waals surface area contributed by atoms with Gasteiger partial charge in [-0.2, -0.15) is 5.26 Å². The Labute approximate surface area is 71.1 Å². The van der Waals surface area contributed by atoms with E-state index in [0.717, 1.165) is 32.1 Å². The zero-order valence-corrected chi connectivity index (χ0v) is 6.90. The summed E-state index contributed by atoms with van der Waals surface area (Å²) in [7, 11) is 0. The van der Waals surface area contributed by atoms with Crippen molar-refractivity contribution in [2.75, 3.05) is 0 Å². The molecular formula is C8H14O4. The second-order valence-electron chi connectivity index (χ2n) is 3.25. The van der Waals surface area contributed by atoms with E-state index in [4.69, 9.17) is 5.26 Å². The highest BCUT2D eigenvalue weighted by Crippen LogP contribution is 2.26. The van der Waals surface area contributed by atoms with Crippen molar-refractivity contribution in [3.63, 3.8) is 0 Å². The summed E-state index contributed by atoms with van der Waals surface area (Å²) in [6.45, 7) is 0. The molecule has 0 radical (unpaired) electrons. The third-order valence-electron chi connectivity index (χ3n) is 2.43. The van der Waals surface area contributed by atoms with Crippen LogP contribution in [0, 0.1) is 5.92 Å². The Morgan fingerprint density at radius 2 is 1.92 bits per heavy atom. The van der Waals surface area contributed by atoms with E-state index in [9.17, 15) is 9.90 Å². The molecule has 0 aromatic carbocycles. The lowest BCUT2D eigenvalue weighted by Crippen LogP contribution is -2.31. The summed E-state index contributed by atoms with van der Waals surface area (Å²) in [6, 6.07) is 0. The molecule has 4 heteroatoms. The normalized spacial score (nSPS) is 21.8. The molecule has 70 valence electrons. The highest BCUT2D eigenvalue weighted by molar-refractivity contribution is 5.73. The Morgan fingerprint density at radius 1 is 1.33 bits per heavy atom. The van der Waals surface area contributed by atoms with Gasteiger partial charge in [0.1, 0.15) is 0 Å². The predicted octanol–water partition coefficient (Wildman–Crippen LogP) is 0.944. The van der Waals surface area contributed by atoms with Gasteiger partial charge in [0.05, 0.1) is 0 Å². The fourth-order valence-corrected chi connectivity index (χ4v) is 1.70. The van der Waals surface area contributed by atoms with Crippen molar-refractivity contribution in [2.45, 2.75) is 38.2 Å². The van der Waals surface area contributed by atoms with Gasteiger partial charge in [-0.3, -0.25) is 4.89 Å². The first-order chi connectivity index (χ1) is 5.75. The van der Waals surface area contributed by atoms with Gasteiger partial charge in [0.25, 0.3) is 0 Å². The molecule has 0 aromatic heterocycles. The van der Waals surface area contributed by atoms with E-state index in [1.165, 1.54) is 0 Å². The predicted molar refractivity (Wildman–Crippen MR) is 41.3 cm³/mol. The van der Waals surface area contributed by atoms with Crippen LogP contribution >= 0.6 is 0 Å². The van der Waals surface area contributed by atoms with Gasteiger partial charge in [0.2, 0.25) is 0 Å². The topological polar surface area (TPSA) is 66.8 Å². The van der Waals surface area contributed by atoms with Gasteiger partial charge in [-0.25, -0.2) is 4.79 Å². The molecule has 1 aliphatic rings. The van der Waals surface area contributed by atoms with Crippen molar-refractivity contribution in [1.29, 1.82) is 0 Å². The van der Waals surface area contributed by atoms with Gasteiger partial charge >= 0.3 is 5.97 Å². The highest BCUT2D eigenvalue weighted by atomic mass is 17.1. The van der Waals surface area contributed by atoms with Gasteiger partial charge < -0.3 is 5.11 Å². The maximum absolute atomic E-state index is 10.7. The Balaban J connectivity index is 2.39. The van der Waals surface area contributed by atoms with Crippen LogP contribution in [0.2, 0.25) is 0 Å². The molecule has 1 fully saturated rings. The first-order valence-corrected chi connectivity index (χ1v) is 4.29. The van der Waals surface area contributed by atoms with Crippen LogP contribution < -0.4 is 0 Å². The Kier molecular flexibility index (Phi) is 3.49. The number of hydrogen-bond acceptors (Lipinski definition) is 4. The number of carbonyl (C=O) groups excluding carboxylic acids is 1. The second-order valence-corrected chi connectivity index (χ2v) is 3.25. The summed E-state index contributed by atoms with van der Waals surface area (Å²) in [6.07, 6.45) is 3.79. The summed E-state index contributed by atoms with van der Waals surface area (Å²) in [5.41, 5.74) is 0. The van der Waals surface area contributed by atoms with Crippen LogP contribution in [0.15, 0.2) is 0 Å². The molecule has 0 bridgehead atoms. The molecule has 1 aliphatic carbocycles. The minimum Gasteiger partial charge on any atom is -0.381 e. The zero-order chi connectivity index (χ0) is 8.97. The fraction of sp³-hybridized carbons (Fsp3) is 0.875. The van der Waals surface area contributed by atoms with Crippen molar-refractivity contribution in [2.24, 2.45) is 5.92 Å². The largest absolute Gasteiger partial charge is 0.381 e. The van der Waals surface area contributed by atoms with Crippen molar-refractivity contribution in [1.82, 2.24) is 0 Å². The average molecular weight is 174 g/mol. The molecule has 1 rings (SSSR count). The number of hydrogen-bond donors (Lipinski definition) is 2. The Morgan fingerprint density at radius 3 is 2.42 bits per heavy atom. The van der Waals surface area contributed by atoms with E-state index < -0.39 is 12.1 Å². The van der Waals surface area contributed by atoms with E-state index >= 15 is 0 Å². The van der Waals surface area contributed by atoms with E-state index in [2.05, 4.69) is 4.89 Å². The molecule has 1 atom stereocenters. The number of aliphatic hydroxyl groups is 1. The van der Waals surface area contributed by atoms with Gasteiger partial charge in [0, 0.05) is 0 Å². The minimum absolute atomic E-state index is 0.0293. The van der Waals surface area contributed by atoms with Crippen molar-refractivity contribution < 1.29 is 20.0 Å². The maximum atomic E-state index is 10.7. The van der Waals surface area contributed by atoms with Crippen LogP contribution in [0.1, 0.15) is 32.1 Å². The van der Waals surface area contributed by atoms with E-state index in [1.54, 1.807) is 0 Å². The van der Waals surface area contributed by atoms with E-state index in [-0.39, 0.29) is 5.92 Å². The number of aliphatic hydroxyl groups excluding tert-OH is 1. The number of rotatable bonds is 2. The van der Waals surface area contributed by atoms with Crippen LogP contribution in [-0.2, 0) is 9.68 Å². The summed E-state index contributed by atoms with van der Waals surface area (Å²) >= 11 is 0. The third kappa shape index (κ3) is 2.19. The molecule has 2 N–H and O–H groups in total. The van der Waals surface area contributed by atoms with Crippen LogP contribution in [0.3, 0.4) is 0 Å². The molecule has 0 aliphatic heterocycles. The second kappa shape index (κ2) is 4.42. The molecule has 12 heavy (non-hydrogen) atoms. The quantitative estimate of drug-likeness (QED) is 0.483. The molecule has 0 spiro atoms. The van der Waals surface area contributed by atoms with E-state index in [1.807, 2.05) is 0 Å². The standard InChI is InChI=1S/C8H14O4/c9-7(8(10)12-11)6-4-2-1-3-5-6/h6-7,9,11H,1-5H2. The first kappa shape index (κ1) is 9.48. The Bertz CT molecular complexity index is 151. The lowest BCUT2D eigenvalue weighted by molar-refractivity contribution is -0.245. The summed E-state index contributed by atoms with van der Waals surface area (Å²) in [5.74, 6) is -0.958. The lowest BCUT2D eigenvalue weighted by atomic mass is 9.85. The van der Waals surface area contributed by atoms with Gasteiger partial charge in [-0.15, -0.1) is 0 Å². The third-order valence-corrected chi connectivity index (χ3v) is 2.43. The SMILES string of the molecule is O=C(OO)C(O)C1CCCCC1. The van der Waals surface area contributed by atoms with Gasteiger partial charge in [-0.1, -0.05) is 19.3 Å². The highest BCUT2D eigenvalue weighted by Gasteiger charge is 2.28. The van der Waals surface area contributed by atoms with Crippen LogP contribution in [0.5, 0.6) is 0 Å². The van der Waals surface area contributed by atoms with Gasteiger partial charge in [-0.05, 0) is 18.8 Å². The van der Waals surface area contributed by atoms with Crippen molar-refractivity contribution >= 4 is 5.97 Å². The lowest BCUT2D eigenvalue weighted by Gasteiger charge is -2.23. The molecular weight excluding hydrogens is 160 g/mol. The van der Waals surface area contributed by atoms with Crippen LogP contribution in [-0.4, -0.2) is 22.4 Å². The monoisotopic (exact) mass is 174 g/mol. The molecule has 1 unspecified atom stereocenters. The zero-order valence-electron chi connectivity index (χ0n) is 6.90. The first-order valence-electron chi connectivity index (χ1n) is 4.29. The van der Waals surface area contributed by atoms with E-state index in [0.29, 0.717) is 0 Å². The molecule has 1 saturated carbocycles. The average Bonchev–Trinajstić information content (AvgIpc) is 2.17. The molecule has 0 heterocycles. The molecule has 0 aromatic rings. The maximum Gasteiger partial charge on any atom is 0.370 e. The molecule has 0 amide bonds. The summed E-state index contributed by atoms with van der Waals surface area (Å²) < 4.78 is 0. The Hall–Kier alpha value is -0.610. The summed E-state index contributed by atoms with van der Waals surface area (Å²) in [4.78, 5) is 14.2. The van der Waals surface area contributed by atoms with Crippen LogP contribution in [0.4, 0.5) is 0 Å². The smallest absolute Gasteiger partial charge is 0.370 e. The number of carbonyl (C=O) groups is 1.